The average molecular weight is 484 g/mol. The van der Waals surface area contributed by atoms with E-state index in [0.29, 0.717) is 23.8 Å². The summed E-state index contributed by atoms with van der Waals surface area (Å²) in [6.45, 7) is 6.43. The Bertz CT molecular complexity index is 1230. The third-order valence-corrected chi connectivity index (χ3v) is 6.53. The summed E-state index contributed by atoms with van der Waals surface area (Å²) < 4.78 is 38.6. The van der Waals surface area contributed by atoms with Crippen molar-refractivity contribution in [3.63, 3.8) is 0 Å². The number of carbonyl (C=O) groups excluding carboxylic acids is 1. The first-order valence-corrected chi connectivity index (χ1v) is 12.4. The van der Waals surface area contributed by atoms with Gasteiger partial charge in [0.15, 0.2) is 0 Å². The van der Waals surface area contributed by atoms with E-state index in [9.17, 15) is 13.2 Å². The van der Waals surface area contributed by atoms with Crippen molar-refractivity contribution in [1.82, 2.24) is 15.0 Å². The van der Waals surface area contributed by atoms with Crippen LogP contribution in [0.15, 0.2) is 65.7 Å². The fraction of sp³-hybridized carbons (Fsp3) is 0.280. The third-order valence-electron chi connectivity index (χ3n) is 4.91. The highest BCUT2D eigenvalue weighted by molar-refractivity contribution is 7.89. The number of carbonyl (C=O) groups is 1. The molecule has 8 nitrogen and oxygen atoms in total. The van der Waals surface area contributed by atoms with E-state index < -0.39 is 10.0 Å². The Labute approximate surface area is 200 Å². The molecule has 0 aliphatic carbocycles. The Hall–Kier alpha value is -3.43. The van der Waals surface area contributed by atoms with Crippen molar-refractivity contribution in [3.05, 3.63) is 77.5 Å². The smallest absolute Gasteiger partial charge is 0.240 e. The number of amides is 1. The number of aromatic nitrogens is 1. The Morgan fingerprint density at radius 3 is 2.44 bits per heavy atom. The monoisotopic (exact) mass is 483 g/mol. The summed E-state index contributed by atoms with van der Waals surface area (Å²) in [4.78, 5) is 16.6. The zero-order valence-electron chi connectivity index (χ0n) is 19.5. The highest BCUT2D eigenvalue weighted by atomic mass is 32.2. The van der Waals surface area contributed by atoms with Crippen LogP contribution in [0.1, 0.15) is 30.0 Å². The largest absolute Gasteiger partial charge is 0.494 e. The Kier molecular flexibility index (Phi) is 8.61. The maximum atomic E-state index is 12.5. The molecule has 1 aromatic heterocycles. The molecule has 3 rings (SSSR count). The predicted octanol–water partition coefficient (Wildman–Crippen LogP) is 3.87. The molecule has 0 atom stereocenters. The van der Waals surface area contributed by atoms with Gasteiger partial charge in [-0.05, 0) is 68.3 Å². The van der Waals surface area contributed by atoms with Crippen molar-refractivity contribution in [2.45, 2.75) is 38.6 Å². The molecule has 2 aromatic carbocycles. The minimum atomic E-state index is -3.67. The molecule has 180 valence electrons. The van der Waals surface area contributed by atoms with E-state index in [1.165, 1.54) is 0 Å². The van der Waals surface area contributed by atoms with Crippen molar-refractivity contribution in [2.75, 3.05) is 13.2 Å². The van der Waals surface area contributed by atoms with Crippen LogP contribution in [0.5, 0.6) is 17.4 Å². The number of benzene rings is 2. The summed E-state index contributed by atoms with van der Waals surface area (Å²) in [5, 5.41) is 2.78. The quantitative estimate of drug-likeness (QED) is 0.429. The number of rotatable bonds is 11. The SMILES string of the molecule is CCOc1ccc(Oc2cc(CNC(=O)CCNS(=O)(=O)c3ccc(C)cc3C)ccn2)cc1. The fourth-order valence-electron chi connectivity index (χ4n) is 3.27. The van der Waals surface area contributed by atoms with E-state index >= 15 is 0 Å². The van der Waals surface area contributed by atoms with Crippen LogP contribution in [0.25, 0.3) is 0 Å². The van der Waals surface area contributed by atoms with Crippen molar-refractivity contribution >= 4 is 15.9 Å². The highest BCUT2D eigenvalue weighted by Crippen LogP contribution is 2.23. The summed E-state index contributed by atoms with van der Waals surface area (Å²) in [5.41, 5.74) is 2.46. The van der Waals surface area contributed by atoms with Gasteiger partial charge in [-0.15, -0.1) is 0 Å². The van der Waals surface area contributed by atoms with E-state index in [2.05, 4.69) is 15.0 Å². The van der Waals surface area contributed by atoms with Gasteiger partial charge in [-0.3, -0.25) is 4.79 Å². The van der Waals surface area contributed by atoms with Crippen LogP contribution in [0.2, 0.25) is 0 Å². The number of hydrogen-bond acceptors (Lipinski definition) is 6. The lowest BCUT2D eigenvalue weighted by Crippen LogP contribution is -2.30. The van der Waals surface area contributed by atoms with Gasteiger partial charge in [0.2, 0.25) is 21.8 Å². The predicted molar refractivity (Wildman–Crippen MR) is 129 cm³/mol. The number of nitrogens with zero attached hydrogens (tertiary/aromatic N) is 1. The van der Waals surface area contributed by atoms with Crippen LogP contribution < -0.4 is 19.5 Å². The van der Waals surface area contributed by atoms with E-state index in [-0.39, 0.29) is 30.3 Å². The van der Waals surface area contributed by atoms with E-state index in [4.69, 9.17) is 9.47 Å². The summed E-state index contributed by atoms with van der Waals surface area (Å²) in [5.74, 6) is 1.51. The molecular weight excluding hydrogens is 454 g/mol. The minimum Gasteiger partial charge on any atom is -0.494 e. The minimum absolute atomic E-state index is 0.00390. The normalized spacial score (nSPS) is 11.1. The average Bonchev–Trinajstić information content (AvgIpc) is 2.79. The van der Waals surface area contributed by atoms with Gasteiger partial charge in [-0.25, -0.2) is 18.1 Å². The molecule has 34 heavy (non-hydrogen) atoms. The topological polar surface area (TPSA) is 107 Å². The standard InChI is InChI=1S/C25H29N3O5S/c1-4-32-21-6-8-22(9-7-21)33-25-16-20(11-13-26-25)17-27-24(29)12-14-28-34(30,31)23-10-5-18(2)15-19(23)3/h5-11,13,15-16,28H,4,12,14,17H2,1-3H3,(H,27,29). The number of nitrogens with one attached hydrogen (secondary N) is 2. The summed E-state index contributed by atoms with van der Waals surface area (Å²) in [6, 6.07) is 15.9. The lowest BCUT2D eigenvalue weighted by molar-refractivity contribution is -0.121. The second-order valence-electron chi connectivity index (χ2n) is 7.70. The van der Waals surface area contributed by atoms with E-state index in [1.54, 1.807) is 49.5 Å². The van der Waals surface area contributed by atoms with Gasteiger partial charge >= 0.3 is 0 Å². The van der Waals surface area contributed by atoms with Gasteiger partial charge in [-0.2, -0.15) is 0 Å². The van der Waals surface area contributed by atoms with Gasteiger partial charge in [0, 0.05) is 31.8 Å². The fourth-order valence-corrected chi connectivity index (χ4v) is 4.53. The third kappa shape index (κ3) is 7.29. The maximum Gasteiger partial charge on any atom is 0.240 e. The molecule has 0 fully saturated rings. The molecule has 1 heterocycles. The van der Waals surface area contributed by atoms with Crippen LogP contribution in [0.4, 0.5) is 0 Å². The van der Waals surface area contributed by atoms with E-state index in [0.717, 1.165) is 16.9 Å². The number of sulfonamides is 1. The van der Waals surface area contributed by atoms with Crippen molar-refractivity contribution in [1.29, 1.82) is 0 Å². The van der Waals surface area contributed by atoms with Gasteiger partial charge in [0.1, 0.15) is 11.5 Å². The second-order valence-corrected chi connectivity index (χ2v) is 9.44. The van der Waals surface area contributed by atoms with Crippen LogP contribution in [-0.2, 0) is 21.4 Å². The molecule has 0 aliphatic heterocycles. The molecule has 0 bridgehead atoms. The van der Waals surface area contributed by atoms with Gasteiger partial charge in [-0.1, -0.05) is 17.7 Å². The van der Waals surface area contributed by atoms with Crippen molar-refractivity contribution in [3.8, 4) is 17.4 Å². The molecule has 1 amide bonds. The Morgan fingerprint density at radius 1 is 1.00 bits per heavy atom. The molecule has 0 radical (unpaired) electrons. The molecule has 0 spiro atoms. The lowest BCUT2D eigenvalue weighted by Gasteiger charge is -2.11. The van der Waals surface area contributed by atoms with Crippen molar-refractivity contribution < 1.29 is 22.7 Å². The van der Waals surface area contributed by atoms with Crippen LogP contribution in [0, 0.1) is 13.8 Å². The van der Waals surface area contributed by atoms with E-state index in [1.807, 2.05) is 32.0 Å². The summed E-state index contributed by atoms with van der Waals surface area (Å²) in [6.07, 6.45) is 1.62. The second kappa shape index (κ2) is 11.6. The van der Waals surface area contributed by atoms with Crippen LogP contribution >= 0.6 is 0 Å². The molecule has 0 saturated heterocycles. The molecule has 3 aromatic rings. The summed E-state index contributed by atoms with van der Waals surface area (Å²) >= 11 is 0. The zero-order chi connectivity index (χ0) is 24.6. The number of hydrogen-bond donors (Lipinski definition) is 2. The van der Waals surface area contributed by atoms with Crippen molar-refractivity contribution in [2.24, 2.45) is 0 Å². The Morgan fingerprint density at radius 2 is 1.74 bits per heavy atom. The van der Waals surface area contributed by atoms with Crippen LogP contribution in [0.3, 0.4) is 0 Å². The first-order valence-electron chi connectivity index (χ1n) is 11.0. The maximum absolute atomic E-state index is 12.5. The Balaban J connectivity index is 1.47. The first-order chi connectivity index (χ1) is 16.3. The number of ether oxygens (including phenoxy) is 2. The first kappa shape index (κ1) is 25.2. The zero-order valence-corrected chi connectivity index (χ0v) is 20.3. The number of aryl methyl sites for hydroxylation is 2. The molecule has 0 unspecified atom stereocenters. The summed E-state index contributed by atoms with van der Waals surface area (Å²) in [7, 11) is -3.67. The van der Waals surface area contributed by atoms with Crippen LogP contribution in [-0.4, -0.2) is 32.5 Å². The highest BCUT2D eigenvalue weighted by Gasteiger charge is 2.16. The molecule has 0 saturated carbocycles. The van der Waals surface area contributed by atoms with Gasteiger partial charge in [0.05, 0.1) is 11.5 Å². The number of pyridine rings is 1. The van der Waals surface area contributed by atoms with Gasteiger partial charge in [0.25, 0.3) is 0 Å². The molecular formula is C25H29N3O5S. The van der Waals surface area contributed by atoms with Gasteiger partial charge < -0.3 is 14.8 Å². The molecule has 0 aliphatic rings. The lowest BCUT2D eigenvalue weighted by atomic mass is 10.2. The molecule has 2 N–H and O–H groups in total. The molecule has 9 heteroatoms.